The van der Waals surface area contributed by atoms with E-state index in [1.54, 1.807) is 14.2 Å². The third-order valence-corrected chi connectivity index (χ3v) is 5.56. The van der Waals surface area contributed by atoms with Gasteiger partial charge in [0, 0.05) is 58.2 Å². The van der Waals surface area contributed by atoms with E-state index in [4.69, 9.17) is 14.5 Å². The normalized spacial score (nSPS) is 17.0. The van der Waals surface area contributed by atoms with Crippen LogP contribution in [0.15, 0.2) is 29.3 Å². The molecule has 1 saturated heterocycles. The summed E-state index contributed by atoms with van der Waals surface area (Å²) in [5.74, 6) is 3.41. The Morgan fingerprint density at radius 1 is 1.29 bits per heavy atom. The number of nitrogens with zero attached hydrogens (tertiary/aromatic N) is 5. The number of anilines is 1. The highest BCUT2D eigenvalue weighted by molar-refractivity contribution is 5.80. The number of methoxy groups -OCH3 is 2. The molecule has 2 aromatic rings. The van der Waals surface area contributed by atoms with Crippen LogP contribution in [0, 0.1) is 6.92 Å². The molecule has 1 aromatic heterocycles. The Bertz CT molecular complexity index is 852. The smallest absolute Gasteiger partial charge is 0.191 e. The first-order valence-corrected chi connectivity index (χ1v) is 10.9. The van der Waals surface area contributed by atoms with Gasteiger partial charge in [0.05, 0.1) is 7.11 Å². The molecule has 9 nitrogen and oxygen atoms in total. The molecule has 1 aromatic carbocycles. The standard InChI is InChI=1S/C22H35N7O2/c1-17-26-27-21(28(17)2)15-24-22(23-11-7-13-30-3)25-18-8-6-12-29(16-18)19-9-5-10-20(14-19)31-4/h5,9-10,14,18H,6-8,11-13,15-16H2,1-4H3,(H2,23,24,25). The van der Waals surface area contributed by atoms with E-state index in [0.717, 1.165) is 68.9 Å². The lowest BCUT2D eigenvalue weighted by Gasteiger charge is -2.35. The molecular formula is C22H35N7O2. The summed E-state index contributed by atoms with van der Waals surface area (Å²) in [6.45, 7) is 5.88. The third-order valence-electron chi connectivity index (χ3n) is 5.56. The van der Waals surface area contributed by atoms with E-state index in [-0.39, 0.29) is 0 Å². The van der Waals surface area contributed by atoms with Gasteiger partial charge in [0.25, 0.3) is 0 Å². The largest absolute Gasteiger partial charge is 0.497 e. The maximum Gasteiger partial charge on any atom is 0.191 e. The molecular weight excluding hydrogens is 394 g/mol. The highest BCUT2D eigenvalue weighted by Crippen LogP contribution is 2.24. The SMILES string of the molecule is COCCCNC(=NCc1nnc(C)n1C)NC1CCCN(c2cccc(OC)c2)C1. The number of rotatable bonds is 9. The van der Waals surface area contributed by atoms with Gasteiger partial charge in [-0.05, 0) is 38.3 Å². The summed E-state index contributed by atoms with van der Waals surface area (Å²) < 4.78 is 12.5. The zero-order valence-corrected chi connectivity index (χ0v) is 19.1. The van der Waals surface area contributed by atoms with Gasteiger partial charge in [0.15, 0.2) is 11.8 Å². The summed E-state index contributed by atoms with van der Waals surface area (Å²) in [5, 5.41) is 15.4. The van der Waals surface area contributed by atoms with E-state index in [1.165, 1.54) is 5.69 Å². The molecule has 2 N–H and O–H groups in total. The van der Waals surface area contributed by atoms with E-state index in [2.05, 4.69) is 37.9 Å². The Kier molecular flexibility index (Phi) is 8.52. The molecule has 0 spiro atoms. The average molecular weight is 430 g/mol. The number of nitrogens with one attached hydrogen (secondary N) is 2. The monoisotopic (exact) mass is 429 g/mol. The van der Waals surface area contributed by atoms with Gasteiger partial charge in [0.2, 0.25) is 0 Å². The molecule has 1 fully saturated rings. The average Bonchev–Trinajstić information content (AvgIpc) is 3.12. The van der Waals surface area contributed by atoms with Crippen LogP contribution in [0.3, 0.4) is 0 Å². The summed E-state index contributed by atoms with van der Waals surface area (Å²) >= 11 is 0. The molecule has 1 aliphatic heterocycles. The van der Waals surface area contributed by atoms with Gasteiger partial charge in [-0.3, -0.25) is 0 Å². The fraction of sp³-hybridized carbons (Fsp3) is 0.591. The van der Waals surface area contributed by atoms with Gasteiger partial charge < -0.3 is 29.6 Å². The predicted molar refractivity (Wildman–Crippen MR) is 123 cm³/mol. The molecule has 1 atom stereocenters. The van der Waals surface area contributed by atoms with Crippen molar-refractivity contribution in [1.82, 2.24) is 25.4 Å². The first kappa shape index (κ1) is 22.9. The molecule has 31 heavy (non-hydrogen) atoms. The highest BCUT2D eigenvalue weighted by Gasteiger charge is 2.21. The van der Waals surface area contributed by atoms with Crippen molar-refractivity contribution in [2.24, 2.45) is 12.0 Å². The number of hydrogen-bond donors (Lipinski definition) is 2. The molecule has 1 aliphatic rings. The zero-order chi connectivity index (χ0) is 22.1. The predicted octanol–water partition coefficient (Wildman–Crippen LogP) is 1.87. The Labute approximate surface area is 184 Å². The summed E-state index contributed by atoms with van der Waals surface area (Å²) in [6.07, 6.45) is 3.14. The van der Waals surface area contributed by atoms with Crippen LogP contribution in [-0.4, -0.2) is 67.2 Å². The van der Waals surface area contributed by atoms with Crippen LogP contribution in [0.5, 0.6) is 5.75 Å². The lowest BCUT2D eigenvalue weighted by atomic mass is 10.0. The van der Waals surface area contributed by atoms with Crippen molar-refractivity contribution in [2.75, 3.05) is 45.4 Å². The number of piperidine rings is 1. The Morgan fingerprint density at radius 2 is 2.16 bits per heavy atom. The first-order chi connectivity index (χ1) is 15.1. The zero-order valence-electron chi connectivity index (χ0n) is 19.1. The van der Waals surface area contributed by atoms with E-state index >= 15 is 0 Å². The van der Waals surface area contributed by atoms with Crippen molar-refractivity contribution in [1.29, 1.82) is 0 Å². The van der Waals surface area contributed by atoms with Crippen LogP contribution in [0.1, 0.15) is 30.9 Å². The van der Waals surface area contributed by atoms with Gasteiger partial charge >= 0.3 is 0 Å². The van der Waals surface area contributed by atoms with Crippen LogP contribution in [0.2, 0.25) is 0 Å². The molecule has 170 valence electrons. The second-order valence-electron chi connectivity index (χ2n) is 7.79. The molecule has 0 bridgehead atoms. The molecule has 2 heterocycles. The van der Waals surface area contributed by atoms with Crippen molar-refractivity contribution in [3.63, 3.8) is 0 Å². The number of aryl methyl sites for hydroxylation is 1. The van der Waals surface area contributed by atoms with E-state index in [9.17, 15) is 0 Å². The second-order valence-corrected chi connectivity index (χ2v) is 7.79. The van der Waals surface area contributed by atoms with Gasteiger partial charge in [-0.1, -0.05) is 6.07 Å². The van der Waals surface area contributed by atoms with Crippen molar-refractivity contribution >= 4 is 11.6 Å². The number of guanidine groups is 1. The number of ether oxygens (including phenoxy) is 2. The third kappa shape index (κ3) is 6.58. The minimum absolute atomic E-state index is 0.301. The Morgan fingerprint density at radius 3 is 2.90 bits per heavy atom. The lowest BCUT2D eigenvalue weighted by molar-refractivity contribution is 0.195. The topological polar surface area (TPSA) is 88.8 Å². The molecule has 0 amide bonds. The highest BCUT2D eigenvalue weighted by atomic mass is 16.5. The number of aliphatic imine (C=N–C) groups is 1. The lowest BCUT2D eigenvalue weighted by Crippen LogP contribution is -2.51. The minimum atomic E-state index is 0.301. The number of benzene rings is 1. The fourth-order valence-electron chi connectivity index (χ4n) is 3.64. The van der Waals surface area contributed by atoms with Crippen molar-refractivity contribution in [2.45, 2.75) is 38.8 Å². The number of hydrogen-bond acceptors (Lipinski definition) is 6. The quantitative estimate of drug-likeness (QED) is 0.357. The molecule has 0 saturated carbocycles. The molecule has 9 heteroatoms. The van der Waals surface area contributed by atoms with Crippen molar-refractivity contribution < 1.29 is 9.47 Å². The summed E-state index contributed by atoms with van der Waals surface area (Å²) in [6, 6.07) is 8.55. The molecule has 3 rings (SSSR count). The Hall–Kier alpha value is -2.81. The minimum Gasteiger partial charge on any atom is -0.497 e. The first-order valence-electron chi connectivity index (χ1n) is 10.9. The summed E-state index contributed by atoms with van der Waals surface area (Å²) in [5.41, 5.74) is 1.19. The summed E-state index contributed by atoms with van der Waals surface area (Å²) in [4.78, 5) is 7.18. The number of aromatic nitrogens is 3. The molecule has 0 radical (unpaired) electrons. The second kappa shape index (κ2) is 11.5. The van der Waals surface area contributed by atoms with Gasteiger partial charge in [-0.15, -0.1) is 10.2 Å². The molecule has 0 aliphatic carbocycles. The van der Waals surface area contributed by atoms with Crippen LogP contribution >= 0.6 is 0 Å². The van der Waals surface area contributed by atoms with Gasteiger partial charge in [0.1, 0.15) is 18.1 Å². The van der Waals surface area contributed by atoms with Crippen LogP contribution in [0.4, 0.5) is 5.69 Å². The van der Waals surface area contributed by atoms with Crippen LogP contribution < -0.4 is 20.3 Å². The maximum absolute atomic E-state index is 5.39. The Balaban J connectivity index is 1.65. The molecule has 1 unspecified atom stereocenters. The van der Waals surface area contributed by atoms with Crippen LogP contribution in [-0.2, 0) is 18.3 Å². The van der Waals surface area contributed by atoms with Gasteiger partial charge in [-0.25, -0.2) is 4.99 Å². The van der Waals surface area contributed by atoms with Gasteiger partial charge in [-0.2, -0.15) is 0 Å². The van der Waals surface area contributed by atoms with E-state index < -0.39 is 0 Å². The summed E-state index contributed by atoms with van der Waals surface area (Å²) in [7, 11) is 5.39. The van der Waals surface area contributed by atoms with E-state index in [0.29, 0.717) is 12.6 Å². The fourth-order valence-corrected chi connectivity index (χ4v) is 3.64. The van der Waals surface area contributed by atoms with Crippen molar-refractivity contribution in [3.05, 3.63) is 35.9 Å². The maximum atomic E-state index is 5.39. The van der Waals surface area contributed by atoms with Crippen molar-refractivity contribution in [3.8, 4) is 5.75 Å². The van der Waals surface area contributed by atoms with Crippen LogP contribution in [0.25, 0.3) is 0 Å². The van der Waals surface area contributed by atoms with E-state index in [1.807, 2.05) is 30.7 Å².